The van der Waals surface area contributed by atoms with Crippen LogP contribution in [0.25, 0.3) is 0 Å². The molecule has 0 atom stereocenters. The molecular weight excluding hydrogens is 227 g/mol. The van der Waals surface area contributed by atoms with Crippen molar-refractivity contribution < 1.29 is 18.9 Å². The Hall–Kier alpha value is 0.270. The Morgan fingerprint density at radius 3 is 1.62 bits per heavy atom. The van der Waals surface area contributed by atoms with Gasteiger partial charge in [0.05, 0.1) is 0 Å². The molecule has 0 bridgehead atoms. The van der Waals surface area contributed by atoms with Crippen LogP contribution in [0.1, 0.15) is 12.8 Å². The number of hydrogen-bond donors (Lipinski definition) is 0. The summed E-state index contributed by atoms with van der Waals surface area (Å²) >= 11 is 0. The van der Waals surface area contributed by atoms with Gasteiger partial charge in [-0.15, -0.1) is 7.92 Å². The highest BCUT2D eigenvalue weighted by atomic mass is 31.1. The second-order valence-corrected chi connectivity index (χ2v) is 6.25. The lowest BCUT2D eigenvalue weighted by Gasteiger charge is -2.12. The van der Waals surface area contributed by atoms with Crippen LogP contribution in [0.2, 0.25) is 0 Å². The van der Waals surface area contributed by atoms with Crippen molar-refractivity contribution in [2.75, 3.05) is 60.0 Å². The Bertz CT molecular complexity index is 121. The highest BCUT2D eigenvalue weighted by Crippen LogP contribution is 2.31. The maximum atomic E-state index is 5.24. The van der Waals surface area contributed by atoms with E-state index in [-0.39, 0.29) is 7.92 Å². The van der Waals surface area contributed by atoms with Gasteiger partial charge >= 0.3 is 0 Å². The normalized spacial score (nSPS) is 11.2. The molecule has 0 aromatic rings. The SMILES string of the molecule is COCOCCCP(C)CCCOCOC. The Labute approximate surface area is 100 Å². The van der Waals surface area contributed by atoms with Crippen LogP contribution in [-0.2, 0) is 18.9 Å². The van der Waals surface area contributed by atoms with Gasteiger partial charge in [0.15, 0.2) is 0 Å². The third kappa shape index (κ3) is 12.3. The molecule has 0 rings (SSSR count). The van der Waals surface area contributed by atoms with Crippen molar-refractivity contribution in [3.8, 4) is 0 Å². The van der Waals surface area contributed by atoms with Crippen molar-refractivity contribution in [3.63, 3.8) is 0 Å². The molecule has 0 N–H and O–H groups in total. The highest BCUT2D eigenvalue weighted by molar-refractivity contribution is 7.56. The molecule has 0 aliphatic heterocycles. The van der Waals surface area contributed by atoms with E-state index in [1.807, 2.05) is 0 Å². The molecule has 0 spiro atoms. The van der Waals surface area contributed by atoms with Gasteiger partial charge < -0.3 is 18.9 Å². The Morgan fingerprint density at radius 1 is 0.812 bits per heavy atom. The fraction of sp³-hybridized carbons (Fsp3) is 1.00. The summed E-state index contributed by atoms with van der Waals surface area (Å²) in [6.45, 7) is 4.77. The van der Waals surface area contributed by atoms with Crippen LogP contribution in [0.4, 0.5) is 0 Å². The van der Waals surface area contributed by atoms with Gasteiger partial charge in [-0.1, -0.05) is 0 Å². The van der Waals surface area contributed by atoms with Crippen molar-refractivity contribution in [1.29, 1.82) is 0 Å². The molecule has 0 aliphatic rings. The maximum Gasteiger partial charge on any atom is 0.146 e. The van der Waals surface area contributed by atoms with E-state index in [9.17, 15) is 0 Å². The van der Waals surface area contributed by atoms with Crippen molar-refractivity contribution in [2.24, 2.45) is 0 Å². The quantitative estimate of drug-likeness (QED) is 0.303. The van der Waals surface area contributed by atoms with E-state index in [1.165, 1.54) is 12.3 Å². The fourth-order valence-corrected chi connectivity index (χ4v) is 2.83. The van der Waals surface area contributed by atoms with Crippen LogP contribution >= 0.6 is 7.92 Å². The lowest BCUT2D eigenvalue weighted by atomic mass is 10.5. The standard InChI is InChI=1S/C11H25O4P/c1-12-10-14-6-4-8-16(3)9-5-7-15-11-13-2/h4-11H2,1-3H3. The zero-order chi connectivity index (χ0) is 12.1. The molecule has 0 saturated heterocycles. The first-order valence-corrected chi connectivity index (χ1v) is 7.79. The van der Waals surface area contributed by atoms with Crippen molar-refractivity contribution in [1.82, 2.24) is 0 Å². The van der Waals surface area contributed by atoms with Gasteiger partial charge in [-0.3, -0.25) is 0 Å². The van der Waals surface area contributed by atoms with Crippen molar-refractivity contribution >= 4 is 7.92 Å². The second-order valence-electron chi connectivity index (χ2n) is 3.64. The molecule has 0 saturated carbocycles. The molecule has 16 heavy (non-hydrogen) atoms. The van der Waals surface area contributed by atoms with Crippen LogP contribution in [-0.4, -0.2) is 60.0 Å². The van der Waals surface area contributed by atoms with Crippen LogP contribution in [0.15, 0.2) is 0 Å². The summed E-state index contributed by atoms with van der Waals surface area (Å²) in [5.74, 6) is 0. The van der Waals surface area contributed by atoms with E-state index < -0.39 is 0 Å². The molecular formula is C11H25O4P. The van der Waals surface area contributed by atoms with Crippen LogP contribution in [0.5, 0.6) is 0 Å². The van der Waals surface area contributed by atoms with Gasteiger partial charge in [-0.25, -0.2) is 0 Å². The summed E-state index contributed by atoms with van der Waals surface area (Å²) < 4.78 is 20.1. The number of rotatable bonds is 12. The van der Waals surface area contributed by atoms with E-state index in [4.69, 9.17) is 18.9 Å². The minimum atomic E-state index is 0.136. The average molecular weight is 252 g/mol. The first-order valence-electron chi connectivity index (χ1n) is 5.63. The second kappa shape index (κ2) is 13.3. The third-order valence-corrected chi connectivity index (χ3v) is 4.22. The molecule has 0 aliphatic carbocycles. The van der Waals surface area contributed by atoms with Crippen molar-refractivity contribution in [2.45, 2.75) is 12.8 Å². The molecule has 0 fully saturated rings. The average Bonchev–Trinajstić information content (AvgIpc) is 2.28. The first-order chi connectivity index (χ1) is 7.81. The third-order valence-electron chi connectivity index (χ3n) is 2.06. The first kappa shape index (κ1) is 16.3. The predicted molar refractivity (Wildman–Crippen MR) is 67.5 cm³/mol. The summed E-state index contributed by atoms with van der Waals surface area (Å²) in [4.78, 5) is 0. The summed E-state index contributed by atoms with van der Waals surface area (Å²) in [5.41, 5.74) is 0. The molecule has 5 heteroatoms. The Morgan fingerprint density at radius 2 is 1.25 bits per heavy atom. The van der Waals surface area contributed by atoms with Gasteiger partial charge in [-0.05, 0) is 31.8 Å². The fourth-order valence-electron chi connectivity index (χ4n) is 1.27. The molecule has 0 aromatic heterocycles. The summed E-state index contributed by atoms with van der Waals surface area (Å²) in [7, 11) is 3.43. The molecule has 0 unspecified atom stereocenters. The van der Waals surface area contributed by atoms with E-state index in [0.29, 0.717) is 13.6 Å². The molecule has 0 aromatic carbocycles. The molecule has 0 amide bonds. The monoisotopic (exact) mass is 252 g/mol. The van der Waals surface area contributed by atoms with Crippen LogP contribution in [0.3, 0.4) is 0 Å². The Kier molecular flexibility index (Phi) is 13.6. The van der Waals surface area contributed by atoms with E-state index >= 15 is 0 Å². The molecule has 98 valence electrons. The van der Waals surface area contributed by atoms with Gasteiger partial charge in [-0.2, -0.15) is 0 Å². The number of hydrogen-bond acceptors (Lipinski definition) is 4. The zero-order valence-corrected chi connectivity index (χ0v) is 11.6. The van der Waals surface area contributed by atoms with Gasteiger partial charge in [0.1, 0.15) is 13.6 Å². The van der Waals surface area contributed by atoms with Gasteiger partial charge in [0.25, 0.3) is 0 Å². The number of methoxy groups -OCH3 is 2. The molecule has 0 heterocycles. The highest BCUT2D eigenvalue weighted by Gasteiger charge is 2.01. The minimum Gasteiger partial charge on any atom is -0.359 e. The van der Waals surface area contributed by atoms with Crippen molar-refractivity contribution in [3.05, 3.63) is 0 Å². The maximum absolute atomic E-state index is 5.24. The summed E-state index contributed by atoms with van der Waals surface area (Å²) in [5, 5.41) is 0. The lowest BCUT2D eigenvalue weighted by molar-refractivity contribution is -0.0300. The van der Waals surface area contributed by atoms with Gasteiger partial charge in [0, 0.05) is 27.4 Å². The van der Waals surface area contributed by atoms with E-state index in [0.717, 1.165) is 26.1 Å². The number of ether oxygens (including phenoxy) is 4. The van der Waals surface area contributed by atoms with E-state index in [2.05, 4.69) is 6.66 Å². The predicted octanol–water partition coefficient (Wildman–Crippen LogP) is 2.12. The minimum absolute atomic E-state index is 0.136. The lowest BCUT2D eigenvalue weighted by Crippen LogP contribution is -2.03. The van der Waals surface area contributed by atoms with Gasteiger partial charge in [0.2, 0.25) is 0 Å². The molecule has 0 radical (unpaired) electrons. The smallest absolute Gasteiger partial charge is 0.146 e. The van der Waals surface area contributed by atoms with E-state index in [1.54, 1.807) is 14.2 Å². The zero-order valence-electron chi connectivity index (χ0n) is 10.7. The summed E-state index contributed by atoms with van der Waals surface area (Å²) in [6, 6.07) is 0. The van der Waals surface area contributed by atoms with Crippen LogP contribution < -0.4 is 0 Å². The van der Waals surface area contributed by atoms with Crippen LogP contribution in [0, 0.1) is 0 Å². The largest absolute Gasteiger partial charge is 0.359 e. The summed E-state index contributed by atoms with van der Waals surface area (Å²) in [6.07, 6.45) is 4.79. The Balaban J connectivity index is 3.09. The topological polar surface area (TPSA) is 36.9 Å². The molecule has 4 nitrogen and oxygen atoms in total.